The summed E-state index contributed by atoms with van der Waals surface area (Å²) >= 11 is 6.58. The average Bonchev–Trinajstić information content (AvgIpc) is 3.00. The summed E-state index contributed by atoms with van der Waals surface area (Å²) in [6, 6.07) is 16.5. The van der Waals surface area contributed by atoms with E-state index in [0.717, 1.165) is 5.56 Å². The molecule has 156 valence electrons. The Labute approximate surface area is 185 Å². The van der Waals surface area contributed by atoms with Crippen molar-refractivity contribution in [2.45, 2.75) is 25.0 Å². The van der Waals surface area contributed by atoms with E-state index in [-0.39, 0.29) is 30.4 Å². The molecule has 0 aromatic heterocycles. The third-order valence-electron chi connectivity index (χ3n) is 4.54. The molecule has 0 aliphatic carbocycles. The van der Waals surface area contributed by atoms with Gasteiger partial charge in [-0.1, -0.05) is 66.4 Å². The molecule has 1 heterocycles. The van der Waals surface area contributed by atoms with Gasteiger partial charge in [-0.15, -0.1) is 0 Å². The molecule has 30 heavy (non-hydrogen) atoms. The highest BCUT2D eigenvalue weighted by molar-refractivity contribution is 8.24. The van der Waals surface area contributed by atoms with Gasteiger partial charge in [0.2, 0.25) is 11.8 Å². The monoisotopic (exact) mass is 442 g/mol. The molecule has 0 saturated carbocycles. The number of para-hydroxylation sites is 1. The Morgan fingerprint density at radius 3 is 2.57 bits per heavy atom. The van der Waals surface area contributed by atoms with Gasteiger partial charge in [0.1, 0.15) is 4.32 Å². The molecular weight excluding hydrogens is 420 g/mol. The van der Waals surface area contributed by atoms with Crippen LogP contribution in [-0.4, -0.2) is 45.4 Å². The summed E-state index contributed by atoms with van der Waals surface area (Å²) in [6.07, 6.45) is 0.668. The molecule has 1 fully saturated rings. The predicted octanol–water partition coefficient (Wildman–Crippen LogP) is 3.66. The Bertz CT molecular complexity index is 949. The molecule has 1 aliphatic heterocycles. The van der Waals surface area contributed by atoms with Crippen molar-refractivity contribution >= 4 is 51.8 Å². The quantitative estimate of drug-likeness (QED) is 0.497. The smallest absolute Gasteiger partial charge is 0.340 e. The summed E-state index contributed by atoms with van der Waals surface area (Å²) in [6.45, 7) is 2.44. The van der Waals surface area contributed by atoms with Crippen molar-refractivity contribution in [3.8, 4) is 0 Å². The van der Waals surface area contributed by atoms with Crippen LogP contribution in [0.5, 0.6) is 0 Å². The lowest BCUT2D eigenvalue weighted by Gasteiger charge is -2.15. The van der Waals surface area contributed by atoms with Crippen LogP contribution in [-0.2, 0) is 20.7 Å². The summed E-state index contributed by atoms with van der Waals surface area (Å²) in [5.41, 5.74) is 1.76. The van der Waals surface area contributed by atoms with Crippen molar-refractivity contribution < 1.29 is 19.1 Å². The maximum absolute atomic E-state index is 12.7. The van der Waals surface area contributed by atoms with E-state index in [0.29, 0.717) is 23.0 Å². The number of thiocarbonyl (C=S) groups is 1. The van der Waals surface area contributed by atoms with Crippen LogP contribution in [0.2, 0.25) is 0 Å². The number of benzene rings is 2. The second-order valence-corrected chi connectivity index (χ2v) is 8.45. The van der Waals surface area contributed by atoms with E-state index in [1.165, 1.54) is 11.8 Å². The van der Waals surface area contributed by atoms with Crippen LogP contribution in [0.25, 0.3) is 0 Å². The van der Waals surface area contributed by atoms with Gasteiger partial charge in [0, 0.05) is 13.0 Å². The Hall–Kier alpha value is -2.71. The van der Waals surface area contributed by atoms with E-state index < -0.39 is 11.2 Å². The molecule has 0 radical (unpaired) electrons. The highest BCUT2D eigenvalue weighted by atomic mass is 32.2. The molecule has 1 atom stereocenters. The zero-order chi connectivity index (χ0) is 21.5. The van der Waals surface area contributed by atoms with Crippen molar-refractivity contribution in [1.82, 2.24) is 4.90 Å². The van der Waals surface area contributed by atoms with E-state index in [9.17, 15) is 14.4 Å². The normalized spacial score (nSPS) is 15.9. The summed E-state index contributed by atoms with van der Waals surface area (Å²) in [4.78, 5) is 38.9. The van der Waals surface area contributed by atoms with Crippen LogP contribution in [0.4, 0.5) is 5.69 Å². The fraction of sp³-hybridized carbons (Fsp3) is 0.273. The molecule has 8 heteroatoms. The molecule has 1 unspecified atom stereocenters. The number of hydrogen-bond acceptors (Lipinski definition) is 6. The van der Waals surface area contributed by atoms with E-state index in [1.54, 1.807) is 36.1 Å². The molecule has 1 aliphatic rings. The van der Waals surface area contributed by atoms with E-state index >= 15 is 0 Å². The highest BCUT2D eigenvalue weighted by Gasteiger charge is 2.37. The van der Waals surface area contributed by atoms with Crippen molar-refractivity contribution in [3.05, 3.63) is 65.7 Å². The third-order valence-corrected chi connectivity index (χ3v) is 6.12. The zero-order valence-electron chi connectivity index (χ0n) is 16.5. The first-order valence-electron chi connectivity index (χ1n) is 9.61. The maximum atomic E-state index is 12.7. The standard InChI is InChI=1S/C22H22N2O4S2/c1-2-28-21(27)16-10-6-7-11-17(16)23-19(25)14-18-20(26)24(22(29)30-18)13-12-15-8-4-3-5-9-15/h3-11,18H,2,12-14H2,1H3,(H,23,25). The van der Waals surface area contributed by atoms with Gasteiger partial charge in [-0.05, 0) is 31.0 Å². The van der Waals surface area contributed by atoms with Crippen LogP contribution in [0, 0.1) is 0 Å². The Balaban J connectivity index is 1.59. The second kappa shape index (κ2) is 10.4. The number of thioether (sulfide) groups is 1. The summed E-state index contributed by atoms with van der Waals surface area (Å²) < 4.78 is 5.51. The topological polar surface area (TPSA) is 75.7 Å². The Morgan fingerprint density at radius 2 is 1.83 bits per heavy atom. The molecule has 0 spiro atoms. The number of nitrogens with one attached hydrogen (secondary N) is 1. The highest BCUT2D eigenvalue weighted by Crippen LogP contribution is 2.30. The number of carbonyl (C=O) groups is 3. The first-order valence-corrected chi connectivity index (χ1v) is 10.9. The number of hydrogen-bond donors (Lipinski definition) is 1. The first kappa shape index (κ1) is 22.0. The maximum Gasteiger partial charge on any atom is 0.340 e. The Morgan fingerprint density at radius 1 is 1.13 bits per heavy atom. The predicted molar refractivity (Wildman–Crippen MR) is 121 cm³/mol. The minimum atomic E-state index is -0.567. The SMILES string of the molecule is CCOC(=O)c1ccccc1NC(=O)CC1SC(=S)N(CCc2ccccc2)C1=O. The van der Waals surface area contributed by atoms with Gasteiger partial charge in [0.25, 0.3) is 0 Å². The molecule has 3 rings (SSSR count). The minimum Gasteiger partial charge on any atom is -0.462 e. The van der Waals surface area contributed by atoms with Gasteiger partial charge in [-0.2, -0.15) is 0 Å². The lowest BCUT2D eigenvalue weighted by Crippen LogP contribution is -2.34. The van der Waals surface area contributed by atoms with Gasteiger partial charge in [-0.25, -0.2) is 4.79 Å². The number of carbonyl (C=O) groups excluding carboxylic acids is 3. The van der Waals surface area contributed by atoms with Gasteiger partial charge < -0.3 is 10.1 Å². The number of rotatable bonds is 8. The lowest BCUT2D eigenvalue weighted by molar-refractivity contribution is -0.128. The molecule has 1 N–H and O–H groups in total. The summed E-state index contributed by atoms with van der Waals surface area (Å²) in [5.74, 6) is -1.02. The number of amides is 2. The van der Waals surface area contributed by atoms with E-state index in [4.69, 9.17) is 17.0 Å². The Kier molecular flexibility index (Phi) is 7.59. The van der Waals surface area contributed by atoms with Crippen LogP contribution >= 0.6 is 24.0 Å². The number of esters is 1. The van der Waals surface area contributed by atoms with Crippen molar-refractivity contribution in [2.75, 3.05) is 18.5 Å². The third kappa shape index (κ3) is 5.46. The molecule has 2 amide bonds. The van der Waals surface area contributed by atoms with Crippen LogP contribution in [0.3, 0.4) is 0 Å². The molecule has 2 aromatic carbocycles. The summed E-state index contributed by atoms with van der Waals surface area (Å²) in [7, 11) is 0. The van der Waals surface area contributed by atoms with Gasteiger partial charge in [-0.3, -0.25) is 14.5 Å². The van der Waals surface area contributed by atoms with Gasteiger partial charge in [0.15, 0.2) is 0 Å². The largest absolute Gasteiger partial charge is 0.462 e. The summed E-state index contributed by atoms with van der Waals surface area (Å²) in [5, 5.41) is 2.15. The molecule has 2 aromatic rings. The molecule has 1 saturated heterocycles. The zero-order valence-corrected chi connectivity index (χ0v) is 18.1. The number of anilines is 1. The fourth-order valence-corrected chi connectivity index (χ4v) is 4.61. The van der Waals surface area contributed by atoms with Crippen LogP contribution < -0.4 is 5.32 Å². The van der Waals surface area contributed by atoms with Gasteiger partial charge >= 0.3 is 5.97 Å². The van der Waals surface area contributed by atoms with Crippen molar-refractivity contribution in [1.29, 1.82) is 0 Å². The number of nitrogens with zero attached hydrogens (tertiary/aromatic N) is 1. The molecular formula is C22H22N2O4S2. The first-order chi connectivity index (χ1) is 14.5. The fourth-order valence-electron chi connectivity index (χ4n) is 3.06. The lowest BCUT2D eigenvalue weighted by atomic mass is 10.1. The molecule has 0 bridgehead atoms. The minimum absolute atomic E-state index is 0.0252. The van der Waals surface area contributed by atoms with Crippen molar-refractivity contribution in [2.24, 2.45) is 0 Å². The second-order valence-electron chi connectivity index (χ2n) is 6.62. The van der Waals surface area contributed by atoms with E-state index in [2.05, 4.69) is 5.32 Å². The average molecular weight is 443 g/mol. The number of ether oxygens (including phenoxy) is 1. The van der Waals surface area contributed by atoms with E-state index in [1.807, 2.05) is 30.3 Å². The van der Waals surface area contributed by atoms with Gasteiger partial charge in [0.05, 0.1) is 23.1 Å². The van der Waals surface area contributed by atoms with Crippen LogP contribution in [0.1, 0.15) is 29.3 Å². The molecule has 6 nitrogen and oxygen atoms in total. The van der Waals surface area contributed by atoms with Crippen LogP contribution in [0.15, 0.2) is 54.6 Å². The van der Waals surface area contributed by atoms with Crippen molar-refractivity contribution in [3.63, 3.8) is 0 Å².